The molecule has 2 N–H and O–H groups in total. The monoisotopic (exact) mass is 356 g/mol. The first-order chi connectivity index (χ1) is 12.1. The van der Waals surface area contributed by atoms with Gasteiger partial charge in [0.2, 0.25) is 11.8 Å². The lowest BCUT2D eigenvalue weighted by atomic mass is 10.1. The normalized spacial score (nSPS) is 15.7. The van der Waals surface area contributed by atoms with Crippen LogP contribution >= 0.6 is 11.8 Å². The van der Waals surface area contributed by atoms with Crippen molar-refractivity contribution in [2.45, 2.75) is 16.6 Å². The molecule has 2 amide bonds. The Hall–Kier alpha value is -2.80. The van der Waals surface area contributed by atoms with E-state index in [1.807, 2.05) is 24.3 Å². The summed E-state index contributed by atoms with van der Waals surface area (Å²) in [6.07, 6.45) is 0.000338. The maximum Gasteiger partial charge on any atom is 0.339 e. The number of carbonyl (C=O) groups is 3. The molecule has 0 fully saturated rings. The van der Waals surface area contributed by atoms with E-state index in [2.05, 4.69) is 10.6 Å². The van der Waals surface area contributed by atoms with Crippen molar-refractivity contribution in [2.24, 2.45) is 0 Å². The number of ether oxygens (including phenoxy) is 1. The van der Waals surface area contributed by atoms with Crippen molar-refractivity contribution in [1.29, 1.82) is 0 Å². The van der Waals surface area contributed by atoms with Crippen LogP contribution < -0.4 is 10.6 Å². The first-order valence-corrected chi connectivity index (χ1v) is 8.50. The number of methoxy groups -OCH3 is 1. The van der Waals surface area contributed by atoms with Gasteiger partial charge in [-0.25, -0.2) is 4.79 Å². The number of amides is 2. The smallest absolute Gasteiger partial charge is 0.339 e. The van der Waals surface area contributed by atoms with E-state index in [-0.39, 0.29) is 23.8 Å². The van der Waals surface area contributed by atoms with Crippen molar-refractivity contribution < 1.29 is 19.1 Å². The van der Waals surface area contributed by atoms with Crippen LogP contribution in [0.15, 0.2) is 53.4 Å². The predicted octanol–water partition coefficient (Wildman–Crippen LogP) is 2.91. The number of anilines is 2. The van der Waals surface area contributed by atoms with Crippen LogP contribution in [0.1, 0.15) is 16.8 Å². The maximum atomic E-state index is 12.3. The van der Waals surface area contributed by atoms with Gasteiger partial charge in [-0.3, -0.25) is 9.59 Å². The number of carbonyl (C=O) groups excluding carboxylic acids is 3. The maximum absolute atomic E-state index is 12.3. The van der Waals surface area contributed by atoms with Crippen LogP contribution in [0, 0.1) is 0 Å². The van der Waals surface area contributed by atoms with Gasteiger partial charge in [0.25, 0.3) is 0 Å². The summed E-state index contributed by atoms with van der Waals surface area (Å²) in [5.41, 5.74) is 1.38. The van der Waals surface area contributed by atoms with E-state index < -0.39 is 11.2 Å². The number of hydrogen-bond donors (Lipinski definition) is 2. The molecule has 1 atom stereocenters. The molecule has 1 unspecified atom stereocenters. The highest BCUT2D eigenvalue weighted by molar-refractivity contribution is 8.01. The minimum absolute atomic E-state index is 0.000338. The third-order valence-electron chi connectivity index (χ3n) is 3.68. The number of hydrogen-bond acceptors (Lipinski definition) is 5. The van der Waals surface area contributed by atoms with Gasteiger partial charge in [-0.1, -0.05) is 24.3 Å². The minimum atomic E-state index is -0.533. The molecule has 0 aromatic heterocycles. The summed E-state index contributed by atoms with van der Waals surface area (Å²) < 4.78 is 4.71. The Bertz CT molecular complexity index is 837. The lowest BCUT2D eigenvalue weighted by molar-refractivity contribution is -0.120. The average Bonchev–Trinajstić information content (AvgIpc) is 2.62. The number of fused-ring (bicyclic) bond motifs is 1. The molecular formula is C18H16N2O4S. The highest BCUT2D eigenvalue weighted by atomic mass is 32.2. The summed E-state index contributed by atoms with van der Waals surface area (Å²) in [7, 11) is 1.28. The quantitative estimate of drug-likeness (QED) is 0.823. The SMILES string of the molecule is COC(=O)c1ccccc1NC(=O)CC1Sc2ccccc2NC1=O. The Kier molecular flexibility index (Phi) is 5.04. The second-order valence-electron chi connectivity index (χ2n) is 5.38. The van der Waals surface area contributed by atoms with Crippen molar-refractivity contribution in [2.75, 3.05) is 17.7 Å². The molecule has 0 aliphatic carbocycles. The lowest BCUT2D eigenvalue weighted by Gasteiger charge is -2.23. The topological polar surface area (TPSA) is 84.5 Å². The molecule has 6 nitrogen and oxygen atoms in total. The molecule has 7 heteroatoms. The van der Waals surface area contributed by atoms with Crippen molar-refractivity contribution >= 4 is 40.9 Å². The van der Waals surface area contributed by atoms with Crippen LogP contribution in [-0.4, -0.2) is 30.1 Å². The summed E-state index contributed by atoms with van der Waals surface area (Å²) >= 11 is 1.35. The molecule has 1 heterocycles. The third kappa shape index (κ3) is 3.83. The molecule has 0 saturated carbocycles. The zero-order valence-corrected chi connectivity index (χ0v) is 14.3. The second kappa shape index (κ2) is 7.40. The number of rotatable bonds is 4. The van der Waals surface area contributed by atoms with Crippen LogP contribution in [0.5, 0.6) is 0 Å². The molecule has 1 aliphatic heterocycles. The van der Waals surface area contributed by atoms with E-state index in [9.17, 15) is 14.4 Å². The molecule has 2 aromatic carbocycles. The Labute approximate surface area is 148 Å². The minimum Gasteiger partial charge on any atom is -0.465 e. The van der Waals surface area contributed by atoms with E-state index >= 15 is 0 Å². The van der Waals surface area contributed by atoms with Crippen molar-refractivity contribution in [3.05, 3.63) is 54.1 Å². The largest absolute Gasteiger partial charge is 0.465 e. The molecule has 0 spiro atoms. The fourth-order valence-electron chi connectivity index (χ4n) is 2.48. The number of para-hydroxylation sites is 2. The van der Waals surface area contributed by atoms with Crippen LogP contribution in [0.4, 0.5) is 11.4 Å². The molecule has 128 valence electrons. The summed E-state index contributed by atoms with van der Waals surface area (Å²) in [6, 6.07) is 14.0. The van der Waals surface area contributed by atoms with E-state index in [1.165, 1.54) is 18.9 Å². The molecular weight excluding hydrogens is 340 g/mol. The zero-order valence-electron chi connectivity index (χ0n) is 13.4. The van der Waals surface area contributed by atoms with Crippen LogP contribution in [0.3, 0.4) is 0 Å². The number of thioether (sulfide) groups is 1. The molecule has 0 radical (unpaired) electrons. The number of benzene rings is 2. The summed E-state index contributed by atoms with van der Waals surface area (Å²) in [5, 5.41) is 4.96. The molecule has 0 saturated heterocycles. The fourth-order valence-corrected chi connectivity index (χ4v) is 3.59. The Morgan fingerprint density at radius 1 is 1.16 bits per heavy atom. The second-order valence-corrected chi connectivity index (χ2v) is 6.63. The summed E-state index contributed by atoms with van der Waals surface area (Å²) in [4.78, 5) is 37.2. The van der Waals surface area contributed by atoms with Gasteiger partial charge < -0.3 is 15.4 Å². The van der Waals surface area contributed by atoms with Crippen LogP contribution in [0.25, 0.3) is 0 Å². The van der Waals surface area contributed by atoms with E-state index in [0.29, 0.717) is 5.69 Å². The van der Waals surface area contributed by atoms with Gasteiger partial charge in [-0.2, -0.15) is 0 Å². The lowest BCUT2D eigenvalue weighted by Crippen LogP contribution is -2.32. The van der Waals surface area contributed by atoms with E-state index in [0.717, 1.165) is 10.6 Å². The van der Waals surface area contributed by atoms with Crippen molar-refractivity contribution in [3.63, 3.8) is 0 Å². The summed E-state index contributed by atoms with van der Waals surface area (Å²) in [6.45, 7) is 0. The predicted molar refractivity (Wildman–Crippen MR) is 95.7 cm³/mol. The van der Waals surface area contributed by atoms with Gasteiger partial charge in [0.05, 0.1) is 29.3 Å². The number of esters is 1. The molecule has 0 bridgehead atoms. The van der Waals surface area contributed by atoms with E-state index in [1.54, 1.807) is 24.3 Å². The molecule has 25 heavy (non-hydrogen) atoms. The Morgan fingerprint density at radius 3 is 2.68 bits per heavy atom. The number of nitrogens with one attached hydrogen (secondary N) is 2. The van der Waals surface area contributed by atoms with Crippen molar-refractivity contribution in [3.8, 4) is 0 Å². The van der Waals surface area contributed by atoms with Gasteiger partial charge in [0.15, 0.2) is 0 Å². The highest BCUT2D eigenvalue weighted by Gasteiger charge is 2.29. The standard InChI is InChI=1S/C18H16N2O4S/c1-24-18(23)11-6-2-3-7-12(11)19-16(21)10-15-17(22)20-13-8-4-5-9-14(13)25-15/h2-9,15H,10H2,1H3,(H,19,21)(H,20,22). The zero-order chi connectivity index (χ0) is 17.8. The first-order valence-electron chi connectivity index (χ1n) is 7.62. The molecule has 2 aromatic rings. The fraction of sp³-hybridized carbons (Fsp3) is 0.167. The van der Waals surface area contributed by atoms with Gasteiger partial charge in [0.1, 0.15) is 0 Å². The van der Waals surface area contributed by atoms with Gasteiger partial charge in [0, 0.05) is 11.3 Å². The van der Waals surface area contributed by atoms with Crippen molar-refractivity contribution in [1.82, 2.24) is 0 Å². The van der Waals surface area contributed by atoms with Crippen LogP contribution in [-0.2, 0) is 14.3 Å². The first kappa shape index (κ1) is 17.0. The summed E-state index contributed by atoms with van der Waals surface area (Å²) in [5.74, 6) is -1.09. The molecule has 1 aliphatic rings. The average molecular weight is 356 g/mol. The van der Waals surface area contributed by atoms with Gasteiger partial charge >= 0.3 is 5.97 Å². The van der Waals surface area contributed by atoms with Crippen LogP contribution in [0.2, 0.25) is 0 Å². The Balaban J connectivity index is 1.70. The van der Waals surface area contributed by atoms with Gasteiger partial charge in [-0.05, 0) is 24.3 Å². The van der Waals surface area contributed by atoms with Gasteiger partial charge in [-0.15, -0.1) is 11.8 Å². The molecule has 3 rings (SSSR count). The third-order valence-corrected chi connectivity index (χ3v) is 4.96. The highest BCUT2D eigenvalue weighted by Crippen LogP contribution is 2.36. The van der Waals surface area contributed by atoms with E-state index in [4.69, 9.17) is 4.74 Å². The Morgan fingerprint density at radius 2 is 1.88 bits per heavy atom.